The number of benzene rings is 1. The van der Waals surface area contributed by atoms with Crippen molar-refractivity contribution in [3.63, 3.8) is 0 Å². The minimum atomic E-state index is 0.484. The van der Waals surface area contributed by atoms with E-state index >= 15 is 0 Å². The van der Waals surface area contributed by atoms with Crippen LogP contribution in [0.4, 0.5) is 0 Å². The molecule has 100 valence electrons. The minimum absolute atomic E-state index is 0.484. The molecule has 1 heterocycles. The van der Waals surface area contributed by atoms with Crippen LogP contribution in [0.25, 0.3) is 0 Å². The van der Waals surface area contributed by atoms with Gasteiger partial charge < -0.3 is 4.48 Å². The molecule has 0 spiro atoms. The summed E-state index contributed by atoms with van der Waals surface area (Å²) in [5.74, 6) is 0.902. The van der Waals surface area contributed by atoms with Crippen molar-refractivity contribution in [2.45, 2.75) is 40.2 Å². The van der Waals surface area contributed by atoms with Gasteiger partial charge in [0.1, 0.15) is 6.54 Å². The zero-order valence-electron chi connectivity index (χ0n) is 12.4. The molecule has 0 radical (unpaired) electrons. The van der Waals surface area contributed by atoms with Crippen LogP contribution in [0.15, 0.2) is 30.3 Å². The molecule has 0 saturated carbocycles. The summed E-state index contributed by atoms with van der Waals surface area (Å²) in [5.41, 5.74) is 1.96. The first-order valence-electron chi connectivity index (χ1n) is 7.27. The number of hydrogen-bond donors (Lipinski definition) is 0. The molecule has 0 amide bonds. The zero-order chi connectivity index (χ0) is 13.2. The first-order chi connectivity index (χ1) is 8.39. The van der Waals surface area contributed by atoms with E-state index in [4.69, 9.17) is 0 Å². The summed E-state index contributed by atoms with van der Waals surface area (Å²) in [7, 11) is 2.42. The van der Waals surface area contributed by atoms with E-state index in [1.54, 1.807) is 0 Å². The fraction of sp³-hybridized carbons (Fsp3) is 0.647. The van der Waals surface area contributed by atoms with Gasteiger partial charge in [0.15, 0.2) is 0 Å². The maximum Gasteiger partial charge on any atom is 0.104 e. The molecule has 0 aromatic heterocycles. The molecule has 1 aromatic rings. The number of likely N-dealkylation sites (tertiary alicyclic amines) is 1. The highest BCUT2D eigenvalue weighted by Crippen LogP contribution is 2.36. The molecule has 0 aliphatic carbocycles. The molecule has 0 N–H and O–H groups in total. The highest BCUT2D eigenvalue weighted by molar-refractivity contribution is 5.13. The summed E-state index contributed by atoms with van der Waals surface area (Å²) >= 11 is 0. The van der Waals surface area contributed by atoms with Crippen molar-refractivity contribution in [1.29, 1.82) is 0 Å². The Morgan fingerprint density at radius 2 is 1.61 bits per heavy atom. The highest BCUT2D eigenvalue weighted by Gasteiger charge is 2.35. The van der Waals surface area contributed by atoms with E-state index in [1.165, 1.54) is 42.5 Å². The van der Waals surface area contributed by atoms with Gasteiger partial charge in [-0.15, -0.1) is 0 Å². The van der Waals surface area contributed by atoms with Crippen LogP contribution in [0.3, 0.4) is 0 Å². The van der Waals surface area contributed by atoms with Crippen molar-refractivity contribution in [1.82, 2.24) is 0 Å². The van der Waals surface area contributed by atoms with Gasteiger partial charge in [0.25, 0.3) is 0 Å². The van der Waals surface area contributed by atoms with E-state index in [9.17, 15) is 0 Å². The Hall–Kier alpha value is -0.820. The minimum Gasteiger partial charge on any atom is -0.322 e. The molecule has 1 nitrogen and oxygen atoms in total. The summed E-state index contributed by atoms with van der Waals surface area (Å²) in [6.45, 7) is 11.0. The van der Waals surface area contributed by atoms with Crippen LogP contribution in [-0.2, 0) is 6.54 Å². The zero-order valence-corrected chi connectivity index (χ0v) is 12.4. The van der Waals surface area contributed by atoms with Crippen LogP contribution >= 0.6 is 0 Å². The molecule has 1 saturated heterocycles. The Bertz CT molecular complexity index is 366. The van der Waals surface area contributed by atoms with Crippen molar-refractivity contribution >= 4 is 0 Å². The monoisotopic (exact) mass is 246 g/mol. The van der Waals surface area contributed by atoms with E-state index in [0.29, 0.717) is 5.41 Å². The summed E-state index contributed by atoms with van der Waals surface area (Å²) in [4.78, 5) is 0. The maximum atomic E-state index is 2.42. The normalized spacial score (nSPS) is 29.2. The Kier molecular flexibility index (Phi) is 3.82. The molecule has 0 unspecified atom stereocenters. The van der Waals surface area contributed by atoms with E-state index in [1.807, 2.05) is 0 Å². The molecule has 1 aromatic carbocycles. The summed E-state index contributed by atoms with van der Waals surface area (Å²) < 4.78 is 1.22. The van der Waals surface area contributed by atoms with Crippen molar-refractivity contribution in [3.8, 4) is 0 Å². The van der Waals surface area contributed by atoms with Crippen LogP contribution in [0.5, 0.6) is 0 Å². The van der Waals surface area contributed by atoms with E-state index < -0.39 is 0 Å². The number of quaternary nitrogens is 1. The molecule has 1 fully saturated rings. The lowest BCUT2D eigenvalue weighted by Crippen LogP contribution is -2.50. The summed E-state index contributed by atoms with van der Waals surface area (Å²) in [6, 6.07) is 10.9. The lowest BCUT2D eigenvalue weighted by atomic mass is 9.75. The number of nitrogens with zero attached hydrogens (tertiary/aromatic N) is 1. The largest absolute Gasteiger partial charge is 0.322 e. The Morgan fingerprint density at radius 1 is 1.06 bits per heavy atom. The van der Waals surface area contributed by atoms with E-state index in [-0.39, 0.29) is 0 Å². The van der Waals surface area contributed by atoms with E-state index in [2.05, 4.69) is 58.2 Å². The molecule has 2 rings (SSSR count). The predicted molar refractivity (Wildman–Crippen MR) is 78.2 cm³/mol. The molecule has 18 heavy (non-hydrogen) atoms. The first-order valence-corrected chi connectivity index (χ1v) is 7.27. The maximum absolute atomic E-state index is 2.42. The Balaban J connectivity index is 1.95. The van der Waals surface area contributed by atoms with Crippen LogP contribution in [0.1, 0.15) is 39.2 Å². The van der Waals surface area contributed by atoms with Crippen LogP contribution in [-0.4, -0.2) is 24.6 Å². The highest BCUT2D eigenvalue weighted by atomic mass is 15.3. The van der Waals surface area contributed by atoms with Gasteiger partial charge in [-0.05, 0) is 11.3 Å². The third-order valence-electron chi connectivity index (χ3n) is 4.67. The lowest BCUT2D eigenvalue weighted by molar-refractivity contribution is -0.928. The predicted octanol–water partition coefficient (Wildman–Crippen LogP) is 4.09. The number of hydrogen-bond acceptors (Lipinski definition) is 0. The van der Waals surface area contributed by atoms with Gasteiger partial charge in [-0.3, -0.25) is 0 Å². The fourth-order valence-electron chi connectivity index (χ4n) is 3.24. The third kappa shape index (κ3) is 3.35. The molecular weight excluding hydrogens is 218 g/mol. The van der Waals surface area contributed by atoms with Gasteiger partial charge in [-0.25, -0.2) is 0 Å². The number of rotatable bonds is 2. The molecule has 0 atom stereocenters. The second-order valence-electron chi connectivity index (χ2n) is 7.35. The van der Waals surface area contributed by atoms with Crippen LogP contribution < -0.4 is 0 Å². The smallest absolute Gasteiger partial charge is 0.104 e. The van der Waals surface area contributed by atoms with Crippen LogP contribution in [0.2, 0.25) is 0 Å². The average Bonchev–Trinajstić information content (AvgIpc) is 2.29. The first kappa shape index (κ1) is 13.6. The van der Waals surface area contributed by atoms with E-state index in [0.717, 1.165) is 5.92 Å². The molecule has 1 aliphatic heterocycles. The summed E-state index contributed by atoms with van der Waals surface area (Å²) in [6.07, 6.45) is 2.76. The SMILES string of the molecule is CC(C)(C)C1CC[N+](C)(Cc2ccccc2)CC1. The van der Waals surface area contributed by atoms with Gasteiger partial charge in [-0.1, -0.05) is 51.1 Å². The van der Waals surface area contributed by atoms with Crippen molar-refractivity contribution < 1.29 is 4.48 Å². The van der Waals surface area contributed by atoms with Crippen molar-refractivity contribution in [3.05, 3.63) is 35.9 Å². The lowest BCUT2D eigenvalue weighted by Gasteiger charge is -2.44. The van der Waals surface area contributed by atoms with Gasteiger partial charge in [0, 0.05) is 18.4 Å². The summed E-state index contributed by atoms with van der Waals surface area (Å²) in [5, 5.41) is 0. The second-order valence-corrected chi connectivity index (χ2v) is 7.35. The fourth-order valence-corrected chi connectivity index (χ4v) is 3.24. The second kappa shape index (κ2) is 5.05. The van der Waals surface area contributed by atoms with Gasteiger partial charge in [0.05, 0.1) is 20.1 Å². The van der Waals surface area contributed by atoms with Gasteiger partial charge in [0.2, 0.25) is 0 Å². The quantitative estimate of drug-likeness (QED) is 0.690. The van der Waals surface area contributed by atoms with Crippen LogP contribution in [0, 0.1) is 11.3 Å². The third-order valence-corrected chi connectivity index (χ3v) is 4.67. The topological polar surface area (TPSA) is 0 Å². The molecule has 1 aliphatic rings. The van der Waals surface area contributed by atoms with Crippen molar-refractivity contribution in [2.24, 2.45) is 11.3 Å². The number of piperidine rings is 1. The molecule has 1 heteroatoms. The Morgan fingerprint density at radius 3 is 2.11 bits per heavy atom. The molecular formula is C17H28N+. The standard InChI is InChI=1S/C17H28N/c1-17(2,3)16-10-12-18(4,13-11-16)14-15-8-6-5-7-9-15/h5-9,16H,10-14H2,1-4H3/q+1. The average molecular weight is 246 g/mol. The van der Waals surface area contributed by atoms with Gasteiger partial charge in [-0.2, -0.15) is 0 Å². The molecule has 0 bridgehead atoms. The van der Waals surface area contributed by atoms with Gasteiger partial charge >= 0.3 is 0 Å². The Labute approximate surface area is 112 Å². The van der Waals surface area contributed by atoms with Crippen molar-refractivity contribution in [2.75, 3.05) is 20.1 Å².